The fraction of sp³-hybridized carbons (Fsp3) is 0.263. The molecule has 7 nitrogen and oxygen atoms in total. The van der Waals surface area contributed by atoms with E-state index in [1.807, 2.05) is 40.9 Å². The monoisotopic (exact) mass is 349 g/mol. The van der Waals surface area contributed by atoms with Gasteiger partial charge in [-0.25, -0.2) is 0 Å². The molecular weight excluding hydrogens is 330 g/mol. The van der Waals surface area contributed by atoms with Crippen molar-refractivity contribution < 1.29 is 9.59 Å². The van der Waals surface area contributed by atoms with Crippen LogP contribution in [0.1, 0.15) is 29.0 Å². The summed E-state index contributed by atoms with van der Waals surface area (Å²) in [6.45, 7) is 1.22. The first-order valence-electron chi connectivity index (χ1n) is 8.70. The molecule has 0 saturated carbocycles. The van der Waals surface area contributed by atoms with Gasteiger partial charge in [0, 0.05) is 43.4 Å². The number of carbonyl (C=O) groups excluding carboxylic acids is 2. The van der Waals surface area contributed by atoms with Crippen molar-refractivity contribution in [2.75, 3.05) is 18.0 Å². The van der Waals surface area contributed by atoms with Crippen LogP contribution in [0.4, 0.5) is 5.69 Å². The number of nitrogens with one attached hydrogen (secondary N) is 1. The Balaban J connectivity index is 1.35. The van der Waals surface area contributed by atoms with Gasteiger partial charge in [0.15, 0.2) is 5.65 Å². The number of rotatable bonds is 5. The molecule has 7 heteroatoms. The topological polar surface area (TPSA) is 79.6 Å². The quantitative estimate of drug-likeness (QED) is 0.762. The smallest absolute Gasteiger partial charge is 0.251 e. The summed E-state index contributed by atoms with van der Waals surface area (Å²) in [4.78, 5) is 25.8. The largest absolute Gasteiger partial charge is 0.352 e. The number of hydrogen-bond donors (Lipinski definition) is 1. The van der Waals surface area contributed by atoms with E-state index in [-0.39, 0.29) is 11.8 Å². The first-order chi connectivity index (χ1) is 12.7. The van der Waals surface area contributed by atoms with Crippen LogP contribution in [0.15, 0.2) is 48.7 Å². The van der Waals surface area contributed by atoms with E-state index in [9.17, 15) is 9.59 Å². The average Bonchev–Trinajstić information content (AvgIpc) is 3.28. The van der Waals surface area contributed by atoms with E-state index in [0.717, 1.165) is 30.1 Å². The third-order valence-corrected chi connectivity index (χ3v) is 4.53. The molecule has 3 heterocycles. The van der Waals surface area contributed by atoms with Crippen molar-refractivity contribution in [3.63, 3.8) is 0 Å². The number of hydrogen-bond acceptors (Lipinski definition) is 4. The van der Waals surface area contributed by atoms with Gasteiger partial charge in [-0.2, -0.15) is 0 Å². The van der Waals surface area contributed by atoms with Gasteiger partial charge in [-0.15, -0.1) is 10.2 Å². The molecule has 2 amide bonds. The molecule has 0 unspecified atom stereocenters. The molecule has 0 atom stereocenters. The first kappa shape index (κ1) is 16.3. The van der Waals surface area contributed by atoms with Crippen molar-refractivity contribution in [3.05, 3.63) is 60.0 Å². The van der Waals surface area contributed by atoms with Crippen LogP contribution in [0, 0.1) is 0 Å². The van der Waals surface area contributed by atoms with Crippen molar-refractivity contribution >= 4 is 23.1 Å². The molecule has 1 saturated heterocycles. The molecule has 0 bridgehead atoms. The van der Waals surface area contributed by atoms with Gasteiger partial charge in [0.05, 0.1) is 0 Å². The summed E-state index contributed by atoms with van der Waals surface area (Å²) in [5.41, 5.74) is 2.21. The summed E-state index contributed by atoms with van der Waals surface area (Å²) in [5.74, 6) is 0.810. The van der Waals surface area contributed by atoms with Gasteiger partial charge in [-0.05, 0) is 42.8 Å². The zero-order valence-corrected chi connectivity index (χ0v) is 14.3. The third-order valence-electron chi connectivity index (χ3n) is 4.53. The lowest BCUT2D eigenvalue weighted by Crippen LogP contribution is -2.26. The standard InChI is InChI=1S/C19H19N5O2/c25-18-5-3-13-23(18)15-8-6-14(7-9-15)19(26)20-11-10-17-22-21-16-4-1-2-12-24(16)17/h1-2,4,6-9,12H,3,5,10-11,13H2,(H,20,26). The van der Waals surface area contributed by atoms with Crippen molar-refractivity contribution in [1.82, 2.24) is 19.9 Å². The molecule has 26 heavy (non-hydrogen) atoms. The highest BCUT2D eigenvalue weighted by Crippen LogP contribution is 2.21. The maximum absolute atomic E-state index is 12.3. The Kier molecular flexibility index (Phi) is 4.35. The summed E-state index contributed by atoms with van der Waals surface area (Å²) in [6.07, 6.45) is 3.99. The summed E-state index contributed by atoms with van der Waals surface area (Å²) in [6, 6.07) is 12.9. The number of aromatic nitrogens is 3. The number of nitrogens with zero attached hydrogens (tertiary/aromatic N) is 4. The van der Waals surface area contributed by atoms with Crippen LogP contribution in [-0.2, 0) is 11.2 Å². The van der Waals surface area contributed by atoms with Crippen LogP contribution in [0.3, 0.4) is 0 Å². The number of pyridine rings is 1. The van der Waals surface area contributed by atoms with E-state index in [4.69, 9.17) is 0 Å². The van der Waals surface area contributed by atoms with E-state index in [2.05, 4.69) is 15.5 Å². The highest BCUT2D eigenvalue weighted by molar-refractivity contribution is 5.97. The van der Waals surface area contributed by atoms with Crippen molar-refractivity contribution in [1.29, 1.82) is 0 Å². The SMILES string of the molecule is O=C(NCCc1nnc2ccccn12)c1ccc(N2CCCC2=O)cc1. The minimum Gasteiger partial charge on any atom is -0.352 e. The highest BCUT2D eigenvalue weighted by atomic mass is 16.2. The summed E-state index contributed by atoms with van der Waals surface area (Å²) >= 11 is 0. The van der Waals surface area contributed by atoms with Crippen LogP contribution in [0.5, 0.6) is 0 Å². The molecule has 0 radical (unpaired) electrons. The Bertz CT molecular complexity index is 948. The van der Waals surface area contributed by atoms with Gasteiger partial charge in [0.25, 0.3) is 5.91 Å². The van der Waals surface area contributed by atoms with E-state index in [1.54, 1.807) is 17.0 Å². The van der Waals surface area contributed by atoms with Gasteiger partial charge in [0.2, 0.25) is 5.91 Å². The Labute approximate surface area is 150 Å². The fourth-order valence-electron chi connectivity index (χ4n) is 3.17. The van der Waals surface area contributed by atoms with Crippen LogP contribution in [0.2, 0.25) is 0 Å². The Morgan fingerprint density at radius 3 is 2.73 bits per heavy atom. The lowest BCUT2D eigenvalue weighted by Gasteiger charge is -2.15. The molecule has 1 aliphatic rings. The van der Waals surface area contributed by atoms with Crippen LogP contribution >= 0.6 is 0 Å². The highest BCUT2D eigenvalue weighted by Gasteiger charge is 2.21. The normalized spacial score (nSPS) is 14.2. The molecular formula is C19H19N5O2. The predicted octanol–water partition coefficient (Wildman–Crippen LogP) is 1.83. The minimum absolute atomic E-state index is 0.141. The molecule has 4 rings (SSSR count). The molecule has 1 fully saturated rings. The second-order valence-electron chi connectivity index (χ2n) is 6.25. The molecule has 2 aromatic heterocycles. The third kappa shape index (κ3) is 3.15. The molecule has 3 aromatic rings. The second-order valence-corrected chi connectivity index (χ2v) is 6.25. The van der Waals surface area contributed by atoms with Crippen molar-refractivity contribution in [3.8, 4) is 0 Å². The number of amides is 2. The van der Waals surface area contributed by atoms with E-state index in [1.165, 1.54) is 0 Å². The molecule has 1 aliphatic heterocycles. The van der Waals surface area contributed by atoms with Gasteiger partial charge in [-0.1, -0.05) is 6.07 Å². The maximum Gasteiger partial charge on any atom is 0.251 e. The predicted molar refractivity (Wildman–Crippen MR) is 97.1 cm³/mol. The van der Waals surface area contributed by atoms with E-state index < -0.39 is 0 Å². The molecule has 1 N–H and O–H groups in total. The number of carbonyl (C=O) groups is 2. The number of benzene rings is 1. The van der Waals surface area contributed by atoms with Crippen LogP contribution in [0.25, 0.3) is 5.65 Å². The van der Waals surface area contributed by atoms with Crippen molar-refractivity contribution in [2.45, 2.75) is 19.3 Å². The lowest BCUT2D eigenvalue weighted by atomic mass is 10.2. The van der Waals surface area contributed by atoms with E-state index in [0.29, 0.717) is 24.9 Å². The molecule has 0 spiro atoms. The maximum atomic E-state index is 12.3. The summed E-state index contributed by atoms with van der Waals surface area (Å²) in [5, 5.41) is 11.1. The Hall–Kier alpha value is -3.22. The number of fused-ring (bicyclic) bond motifs is 1. The minimum atomic E-state index is -0.141. The summed E-state index contributed by atoms with van der Waals surface area (Å²) in [7, 11) is 0. The van der Waals surface area contributed by atoms with Gasteiger partial charge in [-0.3, -0.25) is 14.0 Å². The molecule has 0 aliphatic carbocycles. The Morgan fingerprint density at radius 1 is 1.12 bits per heavy atom. The lowest BCUT2D eigenvalue weighted by molar-refractivity contribution is -0.117. The van der Waals surface area contributed by atoms with Crippen LogP contribution < -0.4 is 10.2 Å². The summed E-state index contributed by atoms with van der Waals surface area (Å²) < 4.78 is 1.91. The molecule has 132 valence electrons. The van der Waals surface area contributed by atoms with Gasteiger partial charge >= 0.3 is 0 Å². The van der Waals surface area contributed by atoms with Crippen LogP contribution in [-0.4, -0.2) is 39.5 Å². The zero-order valence-electron chi connectivity index (χ0n) is 14.3. The molecule has 1 aromatic carbocycles. The second kappa shape index (κ2) is 6.95. The number of anilines is 1. The van der Waals surface area contributed by atoms with Gasteiger partial charge < -0.3 is 10.2 Å². The zero-order chi connectivity index (χ0) is 17.9. The van der Waals surface area contributed by atoms with Gasteiger partial charge in [0.1, 0.15) is 5.82 Å². The van der Waals surface area contributed by atoms with Crippen molar-refractivity contribution in [2.24, 2.45) is 0 Å². The average molecular weight is 349 g/mol. The Morgan fingerprint density at radius 2 is 1.96 bits per heavy atom. The first-order valence-corrected chi connectivity index (χ1v) is 8.70. The van der Waals surface area contributed by atoms with E-state index >= 15 is 0 Å². The fourth-order valence-corrected chi connectivity index (χ4v) is 3.17.